The molecule has 2 aromatic heterocycles. The molecule has 2 aromatic carbocycles. The van der Waals surface area contributed by atoms with E-state index in [1.165, 1.54) is 17.0 Å². The number of H-pyrrole nitrogens is 1. The van der Waals surface area contributed by atoms with Crippen molar-refractivity contribution in [2.45, 2.75) is 18.5 Å². The van der Waals surface area contributed by atoms with Gasteiger partial charge in [0, 0.05) is 30.1 Å². The zero-order valence-corrected chi connectivity index (χ0v) is 16.5. The molecule has 3 heterocycles. The zero-order valence-electron chi connectivity index (χ0n) is 16.5. The van der Waals surface area contributed by atoms with Crippen molar-refractivity contribution in [2.24, 2.45) is 0 Å². The summed E-state index contributed by atoms with van der Waals surface area (Å²) < 4.78 is 43.7. The van der Waals surface area contributed by atoms with Crippen LogP contribution >= 0.6 is 0 Å². The van der Waals surface area contributed by atoms with E-state index in [0.717, 1.165) is 23.4 Å². The molecule has 0 radical (unpaired) electrons. The Labute approximate surface area is 179 Å². The number of nitrogens with zero attached hydrogens (tertiary/aromatic N) is 4. The van der Waals surface area contributed by atoms with E-state index in [1.807, 2.05) is 30.3 Å². The lowest BCUT2D eigenvalue weighted by Gasteiger charge is -2.17. The van der Waals surface area contributed by atoms with E-state index in [1.54, 1.807) is 6.07 Å². The maximum Gasteiger partial charge on any atom is 0.416 e. The highest BCUT2D eigenvalue weighted by atomic mass is 19.4. The molecule has 0 bridgehead atoms. The largest absolute Gasteiger partial charge is 0.416 e. The molecule has 7 nitrogen and oxygen atoms in total. The lowest BCUT2D eigenvalue weighted by molar-refractivity contribution is -0.137. The number of aromatic nitrogens is 4. The van der Waals surface area contributed by atoms with Crippen LogP contribution in [0.1, 0.15) is 23.7 Å². The molecule has 1 unspecified atom stereocenters. The van der Waals surface area contributed by atoms with Crippen LogP contribution in [0.4, 0.5) is 18.9 Å². The van der Waals surface area contributed by atoms with Gasteiger partial charge in [-0.3, -0.25) is 9.89 Å². The quantitative estimate of drug-likeness (QED) is 0.500. The van der Waals surface area contributed by atoms with Gasteiger partial charge >= 0.3 is 6.18 Å². The minimum Gasteiger partial charge on any atom is -0.332 e. The number of aromatic amines is 1. The number of benzene rings is 2. The van der Waals surface area contributed by atoms with Crippen LogP contribution in [0.2, 0.25) is 0 Å². The molecule has 5 rings (SSSR count). The third kappa shape index (κ3) is 3.75. The van der Waals surface area contributed by atoms with E-state index in [4.69, 9.17) is 4.52 Å². The van der Waals surface area contributed by atoms with Gasteiger partial charge in [-0.05, 0) is 30.3 Å². The number of carbonyl (C=O) groups excluding carboxylic acids is 1. The van der Waals surface area contributed by atoms with Crippen molar-refractivity contribution in [2.75, 3.05) is 11.4 Å². The number of alkyl halides is 3. The topological polar surface area (TPSA) is 87.9 Å². The number of halogens is 3. The second kappa shape index (κ2) is 7.63. The van der Waals surface area contributed by atoms with Crippen LogP contribution in [0.3, 0.4) is 0 Å². The molecule has 0 saturated carbocycles. The molecule has 4 aromatic rings. The Hall–Kier alpha value is -3.95. The molecule has 0 spiro atoms. The molecule has 1 fully saturated rings. The molecule has 1 aliphatic heterocycles. The Balaban J connectivity index is 1.32. The number of nitrogens with one attached hydrogen (secondary N) is 1. The van der Waals surface area contributed by atoms with Gasteiger partial charge in [0.15, 0.2) is 5.82 Å². The predicted molar refractivity (Wildman–Crippen MR) is 108 cm³/mol. The highest BCUT2D eigenvalue weighted by Crippen LogP contribution is 2.34. The van der Waals surface area contributed by atoms with E-state index < -0.39 is 11.7 Å². The van der Waals surface area contributed by atoms with Gasteiger partial charge in [-0.1, -0.05) is 35.5 Å². The number of rotatable bonds is 4. The van der Waals surface area contributed by atoms with E-state index >= 15 is 0 Å². The monoisotopic (exact) mass is 439 g/mol. The first-order valence-electron chi connectivity index (χ1n) is 9.81. The van der Waals surface area contributed by atoms with Gasteiger partial charge in [0.25, 0.3) is 5.89 Å². The number of hydrogen-bond acceptors (Lipinski definition) is 5. The second-order valence-electron chi connectivity index (χ2n) is 7.44. The number of hydrogen-bond donors (Lipinski definition) is 1. The average molecular weight is 439 g/mol. The van der Waals surface area contributed by atoms with Crippen molar-refractivity contribution in [3.8, 4) is 22.8 Å². The van der Waals surface area contributed by atoms with E-state index in [-0.39, 0.29) is 30.7 Å². The first kappa shape index (κ1) is 20.0. The van der Waals surface area contributed by atoms with Crippen molar-refractivity contribution in [3.05, 3.63) is 72.1 Å². The fraction of sp³-hybridized carbons (Fsp3) is 0.182. The third-order valence-electron chi connectivity index (χ3n) is 5.32. The minimum absolute atomic E-state index is 0.137. The van der Waals surface area contributed by atoms with Gasteiger partial charge in [-0.2, -0.15) is 23.3 Å². The summed E-state index contributed by atoms with van der Waals surface area (Å²) in [6.45, 7) is 0.251. The number of carbonyl (C=O) groups is 1. The average Bonchev–Trinajstić information content (AvgIpc) is 3.53. The normalized spacial score (nSPS) is 16.7. The zero-order chi connectivity index (χ0) is 22.3. The molecule has 0 aliphatic carbocycles. The summed E-state index contributed by atoms with van der Waals surface area (Å²) in [5.74, 6) is 0.0570. The van der Waals surface area contributed by atoms with Gasteiger partial charge in [-0.15, -0.1) is 0 Å². The van der Waals surface area contributed by atoms with Gasteiger partial charge in [-0.25, -0.2) is 0 Å². The summed E-state index contributed by atoms with van der Waals surface area (Å²) >= 11 is 0. The van der Waals surface area contributed by atoms with Gasteiger partial charge in [0.05, 0.1) is 11.3 Å². The van der Waals surface area contributed by atoms with E-state index in [9.17, 15) is 18.0 Å². The Kier molecular flexibility index (Phi) is 4.76. The van der Waals surface area contributed by atoms with Gasteiger partial charge < -0.3 is 9.42 Å². The fourth-order valence-corrected chi connectivity index (χ4v) is 3.66. The molecule has 1 amide bonds. The van der Waals surface area contributed by atoms with E-state index in [2.05, 4.69) is 20.3 Å². The molecule has 162 valence electrons. The van der Waals surface area contributed by atoms with Crippen LogP contribution in [-0.2, 0) is 11.0 Å². The summed E-state index contributed by atoms with van der Waals surface area (Å²) in [6, 6.07) is 15.9. The maximum absolute atomic E-state index is 12.8. The first-order chi connectivity index (χ1) is 15.4. The first-order valence-corrected chi connectivity index (χ1v) is 9.81. The standard InChI is InChI=1S/C22H16F3N5O2/c23-22(24,25)15-6-8-16(9-7-15)30-12-14(10-19(30)31)20-26-21(32-29-20)18-11-17(27-28-18)13-4-2-1-3-5-13/h1-9,11,14H,10,12H2,(H,27,28). The van der Waals surface area contributed by atoms with Crippen LogP contribution in [0.5, 0.6) is 0 Å². The smallest absolute Gasteiger partial charge is 0.332 e. The second-order valence-corrected chi connectivity index (χ2v) is 7.44. The molecule has 1 N–H and O–H groups in total. The highest BCUT2D eigenvalue weighted by molar-refractivity contribution is 5.96. The van der Waals surface area contributed by atoms with Crippen LogP contribution in [0.15, 0.2) is 65.2 Å². The lowest BCUT2D eigenvalue weighted by Crippen LogP contribution is -2.24. The minimum atomic E-state index is -4.43. The van der Waals surface area contributed by atoms with Crippen molar-refractivity contribution in [1.82, 2.24) is 20.3 Å². The molecule has 1 saturated heterocycles. The maximum atomic E-state index is 12.8. The number of anilines is 1. The summed E-state index contributed by atoms with van der Waals surface area (Å²) in [5.41, 5.74) is 1.84. The molecular weight excluding hydrogens is 423 g/mol. The Morgan fingerprint density at radius 2 is 1.81 bits per heavy atom. The van der Waals surface area contributed by atoms with Crippen molar-refractivity contribution in [1.29, 1.82) is 0 Å². The van der Waals surface area contributed by atoms with Gasteiger partial charge in [0.2, 0.25) is 5.91 Å². The molecule has 1 aliphatic rings. The molecule has 32 heavy (non-hydrogen) atoms. The molecular formula is C22H16F3N5O2. The molecule has 1 atom stereocenters. The Morgan fingerprint density at radius 1 is 1.06 bits per heavy atom. The Bertz CT molecular complexity index is 1250. The summed E-state index contributed by atoms with van der Waals surface area (Å²) in [4.78, 5) is 18.3. The Morgan fingerprint density at radius 3 is 2.53 bits per heavy atom. The van der Waals surface area contributed by atoms with Crippen molar-refractivity contribution >= 4 is 11.6 Å². The predicted octanol–water partition coefficient (Wildman–Crippen LogP) is 4.67. The van der Waals surface area contributed by atoms with Crippen LogP contribution < -0.4 is 4.90 Å². The molecule has 10 heteroatoms. The highest BCUT2D eigenvalue weighted by Gasteiger charge is 2.36. The summed E-state index contributed by atoms with van der Waals surface area (Å²) in [7, 11) is 0. The third-order valence-corrected chi connectivity index (χ3v) is 5.32. The van der Waals surface area contributed by atoms with E-state index in [0.29, 0.717) is 17.2 Å². The van der Waals surface area contributed by atoms with Crippen molar-refractivity contribution < 1.29 is 22.5 Å². The van der Waals surface area contributed by atoms with Crippen LogP contribution in [0, 0.1) is 0 Å². The van der Waals surface area contributed by atoms with Crippen molar-refractivity contribution in [3.63, 3.8) is 0 Å². The SMILES string of the molecule is O=C1CC(c2noc(-c3cc(-c4ccccc4)n[nH]3)n2)CN1c1ccc(C(F)(F)F)cc1. The number of amides is 1. The summed E-state index contributed by atoms with van der Waals surface area (Å²) in [5, 5.41) is 11.1. The van der Waals surface area contributed by atoms with Crippen LogP contribution in [-0.4, -0.2) is 32.8 Å². The van der Waals surface area contributed by atoms with Gasteiger partial charge in [0.1, 0.15) is 5.69 Å². The fourth-order valence-electron chi connectivity index (χ4n) is 3.66. The summed E-state index contributed by atoms with van der Waals surface area (Å²) in [6.07, 6.45) is -4.29. The lowest BCUT2D eigenvalue weighted by atomic mass is 10.1. The van der Waals surface area contributed by atoms with Crippen LogP contribution in [0.25, 0.3) is 22.8 Å².